The summed E-state index contributed by atoms with van der Waals surface area (Å²) < 4.78 is 22.3. The van der Waals surface area contributed by atoms with E-state index in [1.807, 2.05) is 13.0 Å². The minimum absolute atomic E-state index is 0.0170. The van der Waals surface area contributed by atoms with Gasteiger partial charge in [-0.2, -0.15) is 0 Å². The number of rotatable bonds is 4. The van der Waals surface area contributed by atoms with Crippen LogP contribution in [0.4, 0.5) is 0 Å². The Kier molecular flexibility index (Phi) is 3.44. The van der Waals surface area contributed by atoms with Crippen molar-refractivity contribution in [3.05, 3.63) is 21.9 Å². The predicted octanol–water partition coefficient (Wildman–Crippen LogP) is 1.67. The first-order valence-electron chi connectivity index (χ1n) is 4.24. The molecule has 0 N–H and O–H groups in total. The fraction of sp³-hybridized carbons (Fsp3) is 0.444. The minimum atomic E-state index is -3.20. The molecule has 0 bridgehead atoms. The fourth-order valence-electron chi connectivity index (χ4n) is 0.957. The van der Waals surface area contributed by atoms with Crippen molar-refractivity contribution in [2.24, 2.45) is 0 Å². The van der Waals surface area contributed by atoms with E-state index in [0.29, 0.717) is 4.88 Å². The summed E-state index contributed by atoms with van der Waals surface area (Å²) in [6.45, 7) is 3.43. The van der Waals surface area contributed by atoms with Gasteiger partial charge >= 0.3 is 0 Å². The molecule has 3 nitrogen and oxygen atoms in total. The van der Waals surface area contributed by atoms with E-state index in [-0.39, 0.29) is 17.3 Å². The molecule has 0 aliphatic heterocycles. The maximum Gasteiger partial charge on any atom is 0.187 e. The highest BCUT2D eigenvalue weighted by molar-refractivity contribution is 7.92. The molecule has 0 aromatic carbocycles. The number of aryl methyl sites for hydroxylation is 1. The van der Waals surface area contributed by atoms with Gasteiger partial charge in [-0.1, -0.05) is 6.92 Å². The maximum absolute atomic E-state index is 11.5. The highest BCUT2D eigenvalue weighted by Crippen LogP contribution is 2.16. The lowest BCUT2D eigenvalue weighted by Crippen LogP contribution is -2.16. The Bertz CT molecular complexity index is 429. The van der Waals surface area contributed by atoms with Gasteiger partial charge in [-0.15, -0.1) is 11.3 Å². The molecule has 0 fully saturated rings. The normalized spacial score (nSPS) is 11.6. The standard InChI is InChI=1S/C9H12O3S2/c1-3-14(11,12)6-8(10)9-5-4-7(2)13-9/h4-5H,3,6H2,1-2H3. The SMILES string of the molecule is CCS(=O)(=O)CC(=O)c1ccc(C)s1. The van der Waals surface area contributed by atoms with Crippen LogP contribution in [-0.4, -0.2) is 25.7 Å². The molecule has 0 unspecified atom stereocenters. The summed E-state index contributed by atoms with van der Waals surface area (Å²) in [5.41, 5.74) is 0. The zero-order valence-electron chi connectivity index (χ0n) is 8.11. The molecule has 0 aliphatic carbocycles. The summed E-state index contributed by atoms with van der Waals surface area (Å²) in [5.74, 6) is -0.656. The van der Waals surface area contributed by atoms with Crippen LogP contribution in [0.5, 0.6) is 0 Å². The lowest BCUT2D eigenvalue weighted by molar-refractivity contribution is 0.102. The number of hydrogen-bond acceptors (Lipinski definition) is 4. The fourth-order valence-corrected chi connectivity index (χ4v) is 2.61. The van der Waals surface area contributed by atoms with Crippen molar-refractivity contribution < 1.29 is 13.2 Å². The molecule has 0 amide bonds. The van der Waals surface area contributed by atoms with Crippen LogP contribution in [0.2, 0.25) is 0 Å². The molecule has 1 aromatic rings. The molecule has 0 radical (unpaired) electrons. The topological polar surface area (TPSA) is 51.2 Å². The van der Waals surface area contributed by atoms with Gasteiger partial charge in [-0.3, -0.25) is 4.79 Å². The van der Waals surface area contributed by atoms with Crippen molar-refractivity contribution in [1.82, 2.24) is 0 Å². The molecule has 0 aliphatic rings. The van der Waals surface area contributed by atoms with Crippen LogP contribution in [0.3, 0.4) is 0 Å². The number of ketones is 1. The van der Waals surface area contributed by atoms with Gasteiger partial charge in [-0.25, -0.2) is 8.42 Å². The highest BCUT2D eigenvalue weighted by Gasteiger charge is 2.16. The third-order valence-electron chi connectivity index (χ3n) is 1.81. The van der Waals surface area contributed by atoms with Crippen LogP contribution in [0.25, 0.3) is 0 Å². The average Bonchev–Trinajstić information content (AvgIpc) is 2.51. The molecule has 78 valence electrons. The van der Waals surface area contributed by atoms with Crippen LogP contribution >= 0.6 is 11.3 Å². The number of thiophene rings is 1. The van der Waals surface area contributed by atoms with Crippen molar-refractivity contribution >= 4 is 27.0 Å². The average molecular weight is 232 g/mol. The Morgan fingerprint density at radius 2 is 2.07 bits per heavy atom. The van der Waals surface area contributed by atoms with Crippen molar-refractivity contribution in [1.29, 1.82) is 0 Å². The van der Waals surface area contributed by atoms with Gasteiger partial charge in [0.2, 0.25) is 0 Å². The molecular weight excluding hydrogens is 220 g/mol. The van der Waals surface area contributed by atoms with Crippen LogP contribution in [0.15, 0.2) is 12.1 Å². The summed E-state index contributed by atoms with van der Waals surface area (Å²) in [6.07, 6.45) is 0. The predicted molar refractivity (Wildman–Crippen MR) is 57.7 cm³/mol. The van der Waals surface area contributed by atoms with Crippen LogP contribution < -0.4 is 0 Å². The summed E-state index contributed by atoms with van der Waals surface area (Å²) in [4.78, 5) is 13.0. The van der Waals surface area contributed by atoms with Gasteiger partial charge in [0.15, 0.2) is 15.6 Å². The van der Waals surface area contributed by atoms with E-state index < -0.39 is 9.84 Å². The molecule has 0 saturated carbocycles. The first kappa shape index (κ1) is 11.4. The molecule has 5 heteroatoms. The van der Waals surface area contributed by atoms with E-state index in [9.17, 15) is 13.2 Å². The number of Topliss-reactive ketones (excluding diaryl/α,β-unsaturated/α-hetero) is 1. The van der Waals surface area contributed by atoms with E-state index in [1.54, 1.807) is 13.0 Å². The Labute approximate surface area is 87.7 Å². The second-order valence-corrected chi connectivity index (χ2v) is 6.65. The molecule has 1 rings (SSSR count). The van der Waals surface area contributed by atoms with Gasteiger partial charge in [0.25, 0.3) is 0 Å². The Morgan fingerprint density at radius 1 is 1.43 bits per heavy atom. The van der Waals surface area contributed by atoms with Crippen molar-refractivity contribution in [3.63, 3.8) is 0 Å². The molecule has 1 heterocycles. The van der Waals surface area contributed by atoms with Crippen molar-refractivity contribution in [3.8, 4) is 0 Å². The number of sulfone groups is 1. The summed E-state index contributed by atoms with van der Waals surface area (Å²) in [5, 5.41) is 0. The zero-order valence-corrected chi connectivity index (χ0v) is 9.74. The van der Waals surface area contributed by atoms with E-state index in [0.717, 1.165) is 4.88 Å². The second-order valence-electron chi connectivity index (χ2n) is 3.01. The number of carbonyl (C=O) groups excluding carboxylic acids is 1. The lowest BCUT2D eigenvalue weighted by Gasteiger charge is -1.97. The van der Waals surface area contributed by atoms with Gasteiger partial charge < -0.3 is 0 Å². The van der Waals surface area contributed by atoms with Crippen molar-refractivity contribution in [2.45, 2.75) is 13.8 Å². The molecule has 0 atom stereocenters. The molecule has 1 aromatic heterocycles. The number of carbonyl (C=O) groups is 1. The molecule has 0 saturated heterocycles. The third kappa shape index (κ3) is 2.92. The van der Waals surface area contributed by atoms with Gasteiger partial charge in [0.05, 0.1) is 4.88 Å². The zero-order chi connectivity index (χ0) is 10.8. The van der Waals surface area contributed by atoms with E-state index in [4.69, 9.17) is 0 Å². The van der Waals surface area contributed by atoms with Gasteiger partial charge in [0.1, 0.15) is 5.75 Å². The quantitative estimate of drug-likeness (QED) is 0.742. The third-order valence-corrected chi connectivity index (χ3v) is 4.43. The van der Waals surface area contributed by atoms with Crippen LogP contribution in [-0.2, 0) is 9.84 Å². The van der Waals surface area contributed by atoms with Gasteiger partial charge in [-0.05, 0) is 19.1 Å². The summed E-state index contributed by atoms with van der Waals surface area (Å²) in [6, 6.07) is 3.49. The molecular formula is C9H12O3S2. The van der Waals surface area contributed by atoms with Gasteiger partial charge in [0, 0.05) is 10.6 Å². The molecule has 14 heavy (non-hydrogen) atoms. The van der Waals surface area contributed by atoms with Crippen molar-refractivity contribution in [2.75, 3.05) is 11.5 Å². The van der Waals surface area contributed by atoms with E-state index in [2.05, 4.69) is 0 Å². The molecule has 0 spiro atoms. The largest absolute Gasteiger partial charge is 0.292 e. The highest BCUT2D eigenvalue weighted by atomic mass is 32.2. The van der Waals surface area contributed by atoms with E-state index in [1.165, 1.54) is 11.3 Å². The maximum atomic E-state index is 11.5. The number of hydrogen-bond donors (Lipinski definition) is 0. The Morgan fingerprint density at radius 3 is 2.50 bits per heavy atom. The van der Waals surface area contributed by atoms with E-state index >= 15 is 0 Å². The minimum Gasteiger partial charge on any atom is -0.292 e. The summed E-state index contributed by atoms with van der Waals surface area (Å²) >= 11 is 1.33. The lowest BCUT2D eigenvalue weighted by atomic mass is 10.3. The van der Waals surface area contributed by atoms with Crippen LogP contribution in [0, 0.1) is 6.92 Å². The first-order valence-corrected chi connectivity index (χ1v) is 6.88. The first-order chi connectivity index (χ1) is 6.44. The smallest absolute Gasteiger partial charge is 0.187 e. The Hall–Kier alpha value is -0.680. The second kappa shape index (κ2) is 4.23. The summed E-state index contributed by atoms with van der Waals surface area (Å²) in [7, 11) is -3.20. The Balaban J connectivity index is 2.78. The monoisotopic (exact) mass is 232 g/mol. The van der Waals surface area contributed by atoms with Crippen LogP contribution in [0.1, 0.15) is 21.5 Å².